The molecule has 100 valence electrons. The highest BCUT2D eigenvalue weighted by atomic mass is 19.1. The number of rotatable bonds is 3. The molecule has 0 amide bonds. The van der Waals surface area contributed by atoms with E-state index in [1.54, 1.807) is 20.8 Å². The van der Waals surface area contributed by atoms with Crippen LogP contribution in [0.2, 0.25) is 0 Å². The zero-order valence-electron chi connectivity index (χ0n) is 10.5. The van der Waals surface area contributed by atoms with Gasteiger partial charge in [0.05, 0.1) is 6.20 Å². The van der Waals surface area contributed by atoms with Crippen LogP contribution >= 0.6 is 0 Å². The monoisotopic (exact) mass is 266 g/mol. The van der Waals surface area contributed by atoms with Gasteiger partial charge >= 0.3 is 17.5 Å². The number of Topliss-reactive ketones (excluding diaryl/α,β-unsaturated/α-hetero) is 1. The first kappa shape index (κ1) is 14.6. The highest BCUT2D eigenvalue weighted by Gasteiger charge is 2.37. The van der Waals surface area contributed by atoms with Crippen LogP contribution in [-0.2, 0) is 9.53 Å². The fourth-order valence-electron chi connectivity index (χ4n) is 1.10. The van der Waals surface area contributed by atoms with E-state index in [1.165, 1.54) is 0 Å². The normalized spacial score (nSPS) is 10.5. The van der Waals surface area contributed by atoms with E-state index in [2.05, 4.69) is 14.8 Å². The van der Waals surface area contributed by atoms with E-state index in [9.17, 15) is 14.0 Å². The van der Waals surface area contributed by atoms with Gasteiger partial charge in [0.15, 0.2) is 11.5 Å². The Morgan fingerprint density at radius 2 is 2.05 bits per heavy atom. The van der Waals surface area contributed by atoms with Gasteiger partial charge in [-0.3, -0.25) is 4.79 Å². The summed E-state index contributed by atoms with van der Waals surface area (Å²) in [6, 6.07) is 0. The number of hydrogen-bond donors (Lipinski definition) is 0. The van der Waals surface area contributed by atoms with Crippen molar-refractivity contribution in [2.24, 2.45) is 0 Å². The van der Waals surface area contributed by atoms with Crippen LogP contribution in [0.25, 0.3) is 5.53 Å². The number of carbonyl (C=O) groups is 2. The molecule has 0 aliphatic carbocycles. The second kappa shape index (κ2) is 5.45. The number of aromatic nitrogens is 2. The first-order chi connectivity index (χ1) is 8.76. The molecule has 0 radical (unpaired) electrons. The van der Waals surface area contributed by atoms with Crippen molar-refractivity contribution in [1.82, 2.24) is 9.97 Å². The van der Waals surface area contributed by atoms with E-state index in [-0.39, 0.29) is 0 Å². The molecule has 0 aromatic carbocycles. The van der Waals surface area contributed by atoms with Crippen molar-refractivity contribution >= 4 is 17.5 Å². The van der Waals surface area contributed by atoms with Crippen LogP contribution in [0.4, 0.5) is 4.39 Å². The Labute approximate surface area is 108 Å². The summed E-state index contributed by atoms with van der Waals surface area (Å²) >= 11 is 0. The van der Waals surface area contributed by atoms with Crippen molar-refractivity contribution in [2.75, 3.05) is 0 Å². The van der Waals surface area contributed by atoms with Crippen molar-refractivity contribution in [2.45, 2.75) is 26.4 Å². The minimum atomic E-state index is -1.18. The highest BCUT2D eigenvalue weighted by molar-refractivity contribution is 6.65. The lowest BCUT2D eigenvalue weighted by atomic mass is 10.1. The molecular formula is C11H11FN4O3. The summed E-state index contributed by atoms with van der Waals surface area (Å²) in [5.74, 6) is -3.38. The number of carbonyl (C=O) groups excluding carboxylic acids is 2. The van der Waals surface area contributed by atoms with Crippen LogP contribution in [0.5, 0.6) is 0 Å². The van der Waals surface area contributed by atoms with Gasteiger partial charge in [-0.25, -0.2) is 19.2 Å². The van der Waals surface area contributed by atoms with Crippen molar-refractivity contribution < 1.29 is 23.5 Å². The third kappa shape index (κ3) is 3.75. The number of nitrogens with zero attached hydrogens (tertiary/aromatic N) is 4. The average molecular weight is 266 g/mol. The predicted molar refractivity (Wildman–Crippen MR) is 60.8 cm³/mol. The number of ether oxygens (including phenoxy) is 1. The van der Waals surface area contributed by atoms with E-state index in [0.29, 0.717) is 0 Å². The molecule has 1 aromatic heterocycles. The molecule has 0 saturated heterocycles. The van der Waals surface area contributed by atoms with E-state index in [1.807, 2.05) is 0 Å². The summed E-state index contributed by atoms with van der Waals surface area (Å²) in [6.45, 7) is 4.70. The average Bonchev–Trinajstić information content (AvgIpc) is 2.27. The molecule has 0 aliphatic heterocycles. The fourth-order valence-corrected chi connectivity index (χ4v) is 1.10. The van der Waals surface area contributed by atoms with Gasteiger partial charge in [-0.15, -0.1) is 0 Å². The maximum atomic E-state index is 13.3. The second-order valence-corrected chi connectivity index (χ2v) is 4.50. The summed E-state index contributed by atoms with van der Waals surface area (Å²) in [4.78, 5) is 32.7. The second-order valence-electron chi connectivity index (χ2n) is 4.50. The largest absolute Gasteiger partial charge is 0.451 e. The zero-order valence-corrected chi connectivity index (χ0v) is 10.5. The molecule has 0 fully saturated rings. The molecule has 1 aromatic rings. The molecule has 8 heteroatoms. The standard InChI is InChI=1S/C11H11FN4O3/c1-11(2,3)19-10(18)8(16-13)9(17)7-6(12)4-14-5-15-7/h4-5H,1-3H3. The molecule has 0 N–H and O–H groups in total. The van der Waals surface area contributed by atoms with Crippen molar-refractivity contribution in [3.05, 3.63) is 29.6 Å². The molecule has 0 spiro atoms. The van der Waals surface area contributed by atoms with Gasteiger partial charge in [-0.2, -0.15) is 4.79 Å². The van der Waals surface area contributed by atoms with Gasteiger partial charge in [0.25, 0.3) is 0 Å². The van der Waals surface area contributed by atoms with Crippen LogP contribution in [-0.4, -0.2) is 37.8 Å². The Hall–Kier alpha value is -2.47. The van der Waals surface area contributed by atoms with Crippen molar-refractivity contribution in [3.63, 3.8) is 0 Å². The predicted octanol–water partition coefficient (Wildman–Crippen LogP) is 0.811. The van der Waals surface area contributed by atoms with Crippen molar-refractivity contribution in [1.29, 1.82) is 0 Å². The molecule has 0 atom stereocenters. The van der Waals surface area contributed by atoms with Crippen LogP contribution in [0.15, 0.2) is 12.5 Å². The Morgan fingerprint density at radius 3 is 2.53 bits per heavy atom. The maximum absolute atomic E-state index is 13.3. The van der Waals surface area contributed by atoms with Gasteiger partial charge in [0.1, 0.15) is 11.9 Å². The van der Waals surface area contributed by atoms with Crippen LogP contribution in [0.1, 0.15) is 31.3 Å². The van der Waals surface area contributed by atoms with E-state index in [4.69, 9.17) is 10.3 Å². The highest BCUT2D eigenvalue weighted by Crippen LogP contribution is 2.09. The lowest BCUT2D eigenvalue weighted by molar-refractivity contribution is -0.150. The quantitative estimate of drug-likeness (QED) is 0.201. The molecule has 0 unspecified atom stereocenters. The number of hydrogen-bond acceptors (Lipinski definition) is 5. The molecule has 0 bridgehead atoms. The van der Waals surface area contributed by atoms with Crippen LogP contribution < -0.4 is 0 Å². The molecule has 1 rings (SSSR count). The first-order valence-electron chi connectivity index (χ1n) is 5.22. The van der Waals surface area contributed by atoms with Gasteiger partial charge in [-0.1, -0.05) is 0 Å². The SMILES string of the molecule is CC(C)(C)OC(=O)C(=[N+]=[N-])C(=O)c1ncncc1F. The zero-order chi connectivity index (χ0) is 14.6. The van der Waals surface area contributed by atoms with Gasteiger partial charge < -0.3 is 10.3 Å². The molecule has 1 heterocycles. The van der Waals surface area contributed by atoms with E-state index >= 15 is 0 Å². The summed E-state index contributed by atoms with van der Waals surface area (Å²) in [5, 5.41) is 0. The maximum Gasteiger partial charge on any atom is 0.448 e. The number of esters is 1. The molecular weight excluding hydrogens is 255 g/mol. The third-order valence-electron chi connectivity index (χ3n) is 1.79. The van der Waals surface area contributed by atoms with Crippen LogP contribution in [0.3, 0.4) is 0 Å². The minimum absolute atomic E-state index is 0.673. The lowest BCUT2D eigenvalue weighted by Crippen LogP contribution is -2.34. The van der Waals surface area contributed by atoms with Gasteiger partial charge in [-0.05, 0) is 20.8 Å². The van der Waals surface area contributed by atoms with E-state index in [0.717, 1.165) is 12.5 Å². The molecule has 0 saturated carbocycles. The summed E-state index contributed by atoms with van der Waals surface area (Å²) < 4.78 is 18.2. The Bertz CT molecular complexity index is 574. The van der Waals surface area contributed by atoms with Crippen molar-refractivity contribution in [3.8, 4) is 0 Å². The van der Waals surface area contributed by atoms with Gasteiger partial charge in [0, 0.05) is 0 Å². The molecule has 7 nitrogen and oxygen atoms in total. The Balaban J connectivity index is 3.07. The van der Waals surface area contributed by atoms with Crippen LogP contribution in [0, 0.1) is 5.82 Å². The molecule has 0 aliphatic rings. The summed E-state index contributed by atoms with van der Waals surface area (Å²) in [6.07, 6.45) is 1.69. The smallest absolute Gasteiger partial charge is 0.448 e. The summed E-state index contributed by atoms with van der Waals surface area (Å²) in [5.41, 5.74) is 6.20. The number of halogens is 1. The van der Waals surface area contributed by atoms with E-state index < -0.39 is 34.6 Å². The lowest BCUT2D eigenvalue weighted by Gasteiger charge is -2.17. The minimum Gasteiger partial charge on any atom is -0.451 e. The third-order valence-corrected chi connectivity index (χ3v) is 1.79. The Kier molecular flexibility index (Phi) is 4.18. The fraction of sp³-hybridized carbons (Fsp3) is 0.364. The first-order valence-corrected chi connectivity index (χ1v) is 5.22. The molecule has 19 heavy (non-hydrogen) atoms. The Morgan fingerprint density at radius 1 is 1.42 bits per heavy atom. The topological polar surface area (TPSA) is 106 Å². The van der Waals surface area contributed by atoms with Gasteiger partial charge in [0.2, 0.25) is 0 Å². The summed E-state index contributed by atoms with van der Waals surface area (Å²) in [7, 11) is 0. The number of ketones is 1.